The second-order valence-electron chi connectivity index (χ2n) is 12.0. The van der Waals surface area contributed by atoms with Crippen LogP contribution in [0.5, 0.6) is 0 Å². The van der Waals surface area contributed by atoms with Gasteiger partial charge in [-0.05, 0) is 83.3 Å². The molecule has 38 heavy (non-hydrogen) atoms. The number of fused-ring (bicyclic) bond motifs is 1. The molecule has 4 N–H and O–H groups in total. The molecule has 0 amide bonds. The molecule has 2 aromatic rings. The van der Waals surface area contributed by atoms with Gasteiger partial charge in [-0.25, -0.2) is 9.99 Å². The number of unbranched alkanes of at least 4 members (excludes halogenated alkanes) is 1. The van der Waals surface area contributed by atoms with Crippen LogP contribution >= 0.6 is 0 Å². The standard InChI is InChI=1S/C29H51N9/c1-3-36(4-2)18-8-7-9-22-16-19-37(20-17-22)35-27-26-28(38(21-31-26)25-10-5-6-11-25)34-29(33-27)32-24-14-12-23(30)13-15-24/h21-25H,3-20,30H2,1-2H3,(H2,32,33,34,35). The monoisotopic (exact) mass is 525 g/mol. The molecule has 9 heteroatoms. The summed E-state index contributed by atoms with van der Waals surface area (Å²) in [5.41, 5.74) is 11.7. The molecule has 0 aromatic carbocycles. The first-order valence-corrected chi connectivity index (χ1v) is 15.6. The van der Waals surface area contributed by atoms with Gasteiger partial charge in [0.25, 0.3) is 0 Å². The largest absolute Gasteiger partial charge is 0.351 e. The molecule has 3 heterocycles. The summed E-state index contributed by atoms with van der Waals surface area (Å²) < 4.78 is 2.31. The van der Waals surface area contributed by atoms with Crippen LogP contribution in [0.4, 0.5) is 11.8 Å². The molecule has 5 rings (SSSR count). The molecule has 9 nitrogen and oxygen atoms in total. The van der Waals surface area contributed by atoms with Crippen LogP contribution in [-0.4, -0.2) is 74.2 Å². The van der Waals surface area contributed by atoms with Gasteiger partial charge in [-0.2, -0.15) is 9.97 Å². The maximum absolute atomic E-state index is 6.15. The molecule has 2 aromatic heterocycles. The third-order valence-corrected chi connectivity index (χ3v) is 9.35. The zero-order valence-electron chi connectivity index (χ0n) is 23.9. The van der Waals surface area contributed by atoms with E-state index in [1.807, 2.05) is 6.33 Å². The topological polar surface area (TPSA) is 100 Å². The highest BCUT2D eigenvalue weighted by Gasteiger charge is 2.25. The number of nitrogens with one attached hydrogen (secondary N) is 2. The van der Waals surface area contributed by atoms with Crippen molar-refractivity contribution in [2.75, 3.05) is 43.5 Å². The minimum atomic E-state index is 0.336. The molecule has 1 aliphatic heterocycles. The van der Waals surface area contributed by atoms with Crippen LogP contribution in [0.15, 0.2) is 6.33 Å². The fourth-order valence-corrected chi connectivity index (χ4v) is 6.75. The number of imidazole rings is 1. The minimum Gasteiger partial charge on any atom is -0.351 e. The molecule has 0 unspecified atom stereocenters. The molecule has 0 spiro atoms. The highest BCUT2D eigenvalue weighted by molar-refractivity contribution is 5.84. The van der Waals surface area contributed by atoms with Gasteiger partial charge in [0.05, 0.1) is 6.33 Å². The Morgan fingerprint density at radius 3 is 2.39 bits per heavy atom. The van der Waals surface area contributed by atoms with Crippen LogP contribution < -0.4 is 16.5 Å². The summed E-state index contributed by atoms with van der Waals surface area (Å²) >= 11 is 0. The van der Waals surface area contributed by atoms with Crippen LogP contribution in [0.25, 0.3) is 11.2 Å². The maximum atomic E-state index is 6.15. The molecule has 0 atom stereocenters. The maximum Gasteiger partial charge on any atom is 0.227 e. The number of rotatable bonds is 12. The Kier molecular flexibility index (Phi) is 9.73. The normalized spacial score (nSPS) is 24.0. The fourth-order valence-electron chi connectivity index (χ4n) is 6.75. The third kappa shape index (κ3) is 6.96. The summed E-state index contributed by atoms with van der Waals surface area (Å²) in [5, 5.41) is 6.00. The summed E-state index contributed by atoms with van der Waals surface area (Å²) in [5.74, 6) is 2.41. The number of nitrogens with two attached hydrogens (primary N) is 1. The number of hydrogen-bond donors (Lipinski definition) is 3. The SMILES string of the molecule is CCN(CC)CCCCC1CCN(Nc2nc(NC3CCC(N)CC3)nc3c2ncn3C2CCCC2)CC1. The number of piperidine rings is 1. The van der Waals surface area contributed by atoms with Crippen molar-refractivity contribution >= 4 is 22.9 Å². The van der Waals surface area contributed by atoms with E-state index >= 15 is 0 Å². The predicted octanol–water partition coefficient (Wildman–Crippen LogP) is 5.17. The second-order valence-corrected chi connectivity index (χ2v) is 12.0. The van der Waals surface area contributed by atoms with Crippen LogP contribution in [0, 0.1) is 5.92 Å². The zero-order valence-corrected chi connectivity index (χ0v) is 23.9. The average molecular weight is 526 g/mol. The molecule has 3 fully saturated rings. The summed E-state index contributed by atoms with van der Waals surface area (Å²) in [6.07, 6.45) is 17.8. The van der Waals surface area contributed by atoms with Crippen molar-refractivity contribution in [3.8, 4) is 0 Å². The van der Waals surface area contributed by atoms with E-state index in [1.165, 1.54) is 77.4 Å². The van der Waals surface area contributed by atoms with E-state index in [0.29, 0.717) is 18.1 Å². The van der Waals surface area contributed by atoms with Gasteiger partial charge in [0.1, 0.15) is 0 Å². The lowest BCUT2D eigenvalue weighted by Crippen LogP contribution is -2.38. The number of nitrogens with zero attached hydrogens (tertiary/aromatic N) is 6. The number of aromatic nitrogens is 4. The molecule has 3 aliphatic rings. The van der Waals surface area contributed by atoms with Crippen LogP contribution in [0.1, 0.15) is 103 Å². The lowest BCUT2D eigenvalue weighted by Gasteiger charge is -2.32. The number of hydrazine groups is 1. The second kappa shape index (κ2) is 13.4. The quantitative estimate of drug-likeness (QED) is 0.326. The van der Waals surface area contributed by atoms with Crippen molar-refractivity contribution < 1.29 is 0 Å². The van der Waals surface area contributed by atoms with Crippen molar-refractivity contribution in [3.05, 3.63) is 6.33 Å². The Morgan fingerprint density at radius 1 is 0.947 bits per heavy atom. The third-order valence-electron chi connectivity index (χ3n) is 9.35. The van der Waals surface area contributed by atoms with E-state index < -0.39 is 0 Å². The summed E-state index contributed by atoms with van der Waals surface area (Å²) in [6.45, 7) is 10.2. The van der Waals surface area contributed by atoms with Crippen LogP contribution in [0.3, 0.4) is 0 Å². The first-order valence-electron chi connectivity index (χ1n) is 15.6. The fraction of sp³-hybridized carbons (Fsp3) is 0.828. The summed E-state index contributed by atoms with van der Waals surface area (Å²) in [7, 11) is 0. The Bertz CT molecular complexity index is 981. The van der Waals surface area contributed by atoms with E-state index in [1.54, 1.807) is 0 Å². The highest BCUT2D eigenvalue weighted by atomic mass is 15.5. The van der Waals surface area contributed by atoms with Gasteiger partial charge >= 0.3 is 0 Å². The smallest absolute Gasteiger partial charge is 0.227 e. The van der Waals surface area contributed by atoms with E-state index in [9.17, 15) is 0 Å². The van der Waals surface area contributed by atoms with E-state index in [-0.39, 0.29) is 0 Å². The first kappa shape index (κ1) is 27.6. The predicted molar refractivity (Wildman–Crippen MR) is 156 cm³/mol. The molecular formula is C29H51N9. The van der Waals surface area contributed by atoms with Gasteiger partial charge in [0.2, 0.25) is 5.95 Å². The van der Waals surface area contributed by atoms with Crippen LogP contribution in [-0.2, 0) is 0 Å². The molecule has 212 valence electrons. The van der Waals surface area contributed by atoms with Crippen molar-refractivity contribution in [3.63, 3.8) is 0 Å². The van der Waals surface area contributed by atoms with Gasteiger partial charge in [0.15, 0.2) is 17.0 Å². The molecule has 2 aliphatic carbocycles. The molecule has 0 radical (unpaired) electrons. The van der Waals surface area contributed by atoms with Crippen molar-refractivity contribution in [2.24, 2.45) is 11.7 Å². The summed E-state index contributed by atoms with van der Waals surface area (Å²) in [4.78, 5) is 17.3. The van der Waals surface area contributed by atoms with E-state index in [4.69, 9.17) is 20.7 Å². The average Bonchev–Trinajstić information content (AvgIpc) is 3.61. The van der Waals surface area contributed by atoms with Gasteiger partial charge in [0, 0.05) is 31.2 Å². The zero-order chi connectivity index (χ0) is 26.3. The van der Waals surface area contributed by atoms with E-state index in [0.717, 1.165) is 67.6 Å². The molecule has 2 saturated carbocycles. The molecular weight excluding hydrogens is 474 g/mol. The van der Waals surface area contributed by atoms with Gasteiger partial charge in [-0.3, -0.25) is 0 Å². The Morgan fingerprint density at radius 2 is 1.68 bits per heavy atom. The highest BCUT2D eigenvalue weighted by Crippen LogP contribution is 2.34. The Balaban J connectivity index is 1.22. The molecule has 0 bridgehead atoms. The minimum absolute atomic E-state index is 0.336. The number of hydrogen-bond acceptors (Lipinski definition) is 8. The van der Waals surface area contributed by atoms with Gasteiger partial charge < -0.3 is 25.9 Å². The van der Waals surface area contributed by atoms with Crippen LogP contribution in [0.2, 0.25) is 0 Å². The van der Waals surface area contributed by atoms with Gasteiger partial charge in [-0.15, -0.1) is 0 Å². The summed E-state index contributed by atoms with van der Waals surface area (Å²) in [6, 6.07) is 1.23. The van der Waals surface area contributed by atoms with Gasteiger partial charge in [-0.1, -0.05) is 39.5 Å². The first-order chi connectivity index (χ1) is 18.6. The van der Waals surface area contributed by atoms with Crippen molar-refractivity contribution in [1.29, 1.82) is 0 Å². The lowest BCUT2D eigenvalue weighted by atomic mass is 9.92. The Labute approximate surface area is 229 Å². The number of anilines is 2. The molecule has 1 saturated heterocycles. The van der Waals surface area contributed by atoms with Crippen molar-refractivity contribution in [2.45, 2.75) is 115 Å². The van der Waals surface area contributed by atoms with Crippen molar-refractivity contribution in [1.82, 2.24) is 29.4 Å². The Hall–Kier alpha value is -1.97. The van der Waals surface area contributed by atoms with E-state index in [2.05, 4.69) is 39.1 Å². The lowest BCUT2D eigenvalue weighted by molar-refractivity contribution is 0.204.